The summed E-state index contributed by atoms with van der Waals surface area (Å²) < 4.78 is 13.3. The Morgan fingerprint density at radius 1 is 1.30 bits per heavy atom. The number of rotatable bonds is 5. The van der Waals surface area contributed by atoms with E-state index in [-0.39, 0.29) is 23.3 Å². The van der Waals surface area contributed by atoms with E-state index in [9.17, 15) is 14.0 Å². The quantitative estimate of drug-likeness (QED) is 0.804. The van der Waals surface area contributed by atoms with Gasteiger partial charge in [-0.05, 0) is 37.0 Å². The third kappa shape index (κ3) is 3.56. The van der Waals surface area contributed by atoms with E-state index in [1.54, 1.807) is 19.1 Å². The standard InChI is InChI=1S/C15H19FN2O2/c1-9-3-4-11(8-13(9)16)14(19)17-5-6-18-15(20)12-7-10(12)2/h3-4,8,10,12H,5-7H2,1-2H3,(H,17,19)(H,18,20)/t10-,12-/m1/s1. The number of benzene rings is 1. The van der Waals surface area contributed by atoms with Crippen molar-refractivity contribution in [1.29, 1.82) is 0 Å². The van der Waals surface area contributed by atoms with Crippen molar-refractivity contribution in [3.8, 4) is 0 Å². The molecule has 0 aliphatic heterocycles. The maximum absolute atomic E-state index is 13.3. The molecule has 0 unspecified atom stereocenters. The topological polar surface area (TPSA) is 58.2 Å². The molecule has 0 spiro atoms. The van der Waals surface area contributed by atoms with Crippen molar-refractivity contribution in [3.05, 3.63) is 35.1 Å². The van der Waals surface area contributed by atoms with E-state index >= 15 is 0 Å². The Bertz CT molecular complexity index is 531. The SMILES string of the molecule is Cc1ccc(C(=O)NCCNC(=O)[C@@H]2C[C@H]2C)cc1F. The number of hydrogen-bond donors (Lipinski definition) is 2. The molecule has 5 heteroatoms. The number of halogens is 1. The molecule has 2 amide bonds. The first-order valence-corrected chi connectivity index (χ1v) is 6.81. The van der Waals surface area contributed by atoms with E-state index in [0.717, 1.165) is 6.42 Å². The molecule has 2 rings (SSSR count). The minimum atomic E-state index is -0.395. The van der Waals surface area contributed by atoms with Gasteiger partial charge in [0.05, 0.1) is 0 Å². The lowest BCUT2D eigenvalue weighted by atomic mass is 10.1. The van der Waals surface area contributed by atoms with Crippen LogP contribution in [0.2, 0.25) is 0 Å². The zero-order valence-electron chi connectivity index (χ0n) is 11.7. The lowest BCUT2D eigenvalue weighted by Crippen LogP contribution is -2.35. The second kappa shape index (κ2) is 6.03. The monoisotopic (exact) mass is 278 g/mol. The van der Waals surface area contributed by atoms with Crippen LogP contribution in [0, 0.1) is 24.6 Å². The summed E-state index contributed by atoms with van der Waals surface area (Å²) in [6.45, 7) is 4.41. The van der Waals surface area contributed by atoms with Crippen LogP contribution >= 0.6 is 0 Å². The van der Waals surface area contributed by atoms with Gasteiger partial charge < -0.3 is 10.6 Å². The van der Waals surface area contributed by atoms with Gasteiger partial charge in [0.2, 0.25) is 5.91 Å². The Labute approximate surface area is 117 Å². The third-order valence-electron chi connectivity index (χ3n) is 3.59. The average Bonchev–Trinajstić information content (AvgIpc) is 3.14. The van der Waals surface area contributed by atoms with Gasteiger partial charge in [-0.1, -0.05) is 13.0 Å². The number of nitrogens with one attached hydrogen (secondary N) is 2. The maximum atomic E-state index is 13.3. The van der Waals surface area contributed by atoms with Crippen molar-refractivity contribution in [3.63, 3.8) is 0 Å². The Morgan fingerprint density at radius 2 is 1.95 bits per heavy atom. The first-order valence-electron chi connectivity index (χ1n) is 6.81. The van der Waals surface area contributed by atoms with Crippen LogP contribution in [0.1, 0.15) is 29.3 Å². The molecule has 1 aromatic carbocycles. The summed E-state index contributed by atoms with van der Waals surface area (Å²) in [6.07, 6.45) is 0.945. The van der Waals surface area contributed by atoms with E-state index in [2.05, 4.69) is 10.6 Å². The largest absolute Gasteiger partial charge is 0.354 e. The molecule has 0 aromatic heterocycles. The summed E-state index contributed by atoms with van der Waals surface area (Å²) in [6, 6.07) is 4.37. The Balaban J connectivity index is 1.72. The van der Waals surface area contributed by atoms with E-state index in [4.69, 9.17) is 0 Å². The molecule has 0 bridgehead atoms. The molecule has 1 saturated carbocycles. The summed E-state index contributed by atoms with van der Waals surface area (Å²) in [7, 11) is 0. The van der Waals surface area contributed by atoms with Gasteiger partial charge in [-0.3, -0.25) is 9.59 Å². The summed E-state index contributed by atoms with van der Waals surface area (Å²) >= 11 is 0. The molecule has 1 aliphatic rings. The van der Waals surface area contributed by atoms with Crippen LogP contribution in [0.4, 0.5) is 4.39 Å². The summed E-state index contributed by atoms with van der Waals surface area (Å²) in [5.74, 6) is -0.0724. The van der Waals surface area contributed by atoms with Gasteiger partial charge in [0.1, 0.15) is 5.82 Å². The molecular formula is C15H19FN2O2. The lowest BCUT2D eigenvalue weighted by Gasteiger charge is -2.07. The van der Waals surface area contributed by atoms with E-state index in [1.807, 2.05) is 6.92 Å². The van der Waals surface area contributed by atoms with Gasteiger partial charge in [-0.25, -0.2) is 4.39 Å². The van der Waals surface area contributed by atoms with Crippen molar-refractivity contribution in [2.75, 3.05) is 13.1 Å². The minimum Gasteiger partial charge on any atom is -0.354 e. The highest BCUT2D eigenvalue weighted by Gasteiger charge is 2.38. The predicted molar refractivity (Wildman–Crippen MR) is 73.8 cm³/mol. The number of carbonyl (C=O) groups excluding carboxylic acids is 2. The molecule has 0 radical (unpaired) electrons. The van der Waals surface area contributed by atoms with Crippen LogP contribution in [-0.4, -0.2) is 24.9 Å². The first-order chi connectivity index (χ1) is 9.49. The highest BCUT2D eigenvalue weighted by Crippen LogP contribution is 2.37. The zero-order valence-corrected chi connectivity index (χ0v) is 11.7. The fraction of sp³-hybridized carbons (Fsp3) is 0.467. The van der Waals surface area contributed by atoms with Gasteiger partial charge in [-0.15, -0.1) is 0 Å². The molecule has 4 nitrogen and oxygen atoms in total. The molecule has 1 fully saturated rings. The minimum absolute atomic E-state index is 0.0492. The summed E-state index contributed by atoms with van der Waals surface area (Å²) in [5, 5.41) is 5.43. The zero-order chi connectivity index (χ0) is 14.7. The van der Waals surface area contributed by atoms with Crippen LogP contribution in [-0.2, 0) is 4.79 Å². The third-order valence-corrected chi connectivity index (χ3v) is 3.59. The Morgan fingerprint density at radius 3 is 2.55 bits per heavy atom. The van der Waals surface area contributed by atoms with Gasteiger partial charge >= 0.3 is 0 Å². The smallest absolute Gasteiger partial charge is 0.251 e. The summed E-state index contributed by atoms with van der Waals surface area (Å²) in [4.78, 5) is 23.3. The van der Waals surface area contributed by atoms with E-state index < -0.39 is 5.82 Å². The van der Waals surface area contributed by atoms with Crippen molar-refractivity contribution >= 4 is 11.8 Å². The average molecular weight is 278 g/mol. The molecule has 2 N–H and O–H groups in total. The molecular weight excluding hydrogens is 259 g/mol. The second-order valence-corrected chi connectivity index (χ2v) is 5.33. The first kappa shape index (κ1) is 14.5. The Hall–Kier alpha value is -1.91. The fourth-order valence-electron chi connectivity index (χ4n) is 2.02. The van der Waals surface area contributed by atoms with Crippen molar-refractivity contribution in [2.45, 2.75) is 20.3 Å². The van der Waals surface area contributed by atoms with Crippen LogP contribution in [0.5, 0.6) is 0 Å². The van der Waals surface area contributed by atoms with Crippen LogP contribution in [0.15, 0.2) is 18.2 Å². The van der Waals surface area contributed by atoms with E-state index in [1.165, 1.54) is 6.07 Å². The molecule has 0 saturated heterocycles. The number of aryl methyl sites for hydroxylation is 1. The number of carbonyl (C=O) groups is 2. The van der Waals surface area contributed by atoms with Crippen LogP contribution < -0.4 is 10.6 Å². The molecule has 2 atom stereocenters. The van der Waals surface area contributed by atoms with Gasteiger partial charge in [0.15, 0.2) is 0 Å². The number of hydrogen-bond acceptors (Lipinski definition) is 2. The van der Waals surface area contributed by atoms with Crippen molar-refractivity contribution < 1.29 is 14.0 Å². The molecule has 1 aliphatic carbocycles. The molecule has 1 aromatic rings. The normalized spacial score (nSPS) is 20.4. The molecule has 20 heavy (non-hydrogen) atoms. The highest BCUT2D eigenvalue weighted by atomic mass is 19.1. The van der Waals surface area contributed by atoms with Gasteiger partial charge in [0, 0.05) is 24.6 Å². The van der Waals surface area contributed by atoms with Gasteiger partial charge in [0.25, 0.3) is 5.91 Å². The van der Waals surface area contributed by atoms with Crippen LogP contribution in [0.25, 0.3) is 0 Å². The predicted octanol–water partition coefficient (Wildman–Crippen LogP) is 1.64. The summed E-state index contributed by atoms with van der Waals surface area (Å²) in [5.41, 5.74) is 0.794. The van der Waals surface area contributed by atoms with Crippen LogP contribution in [0.3, 0.4) is 0 Å². The Kier molecular flexibility index (Phi) is 4.37. The van der Waals surface area contributed by atoms with Crippen molar-refractivity contribution in [2.24, 2.45) is 11.8 Å². The van der Waals surface area contributed by atoms with Crippen molar-refractivity contribution in [1.82, 2.24) is 10.6 Å². The van der Waals surface area contributed by atoms with Gasteiger partial charge in [-0.2, -0.15) is 0 Å². The van der Waals surface area contributed by atoms with E-state index in [0.29, 0.717) is 24.6 Å². The maximum Gasteiger partial charge on any atom is 0.251 e. The fourth-order valence-corrected chi connectivity index (χ4v) is 2.02. The lowest BCUT2D eigenvalue weighted by molar-refractivity contribution is -0.122. The number of amides is 2. The second-order valence-electron chi connectivity index (χ2n) is 5.33. The molecule has 0 heterocycles. The highest BCUT2D eigenvalue weighted by molar-refractivity contribution is 5.94. The molecule has 108 valence electrons.